The third-order valence-corrected chi connectivity index (χ3v) is 4.18. The standard InChI is InChI=1S/C18H19N3O4/c1-25-16-7-6-12(9-19-16)15(8-17(22)23)20-18(24)21-10-13-4-2-3-5-14(13)11-21/h2-7,9,15H,8,10-11H2,1H3,(H,20,24)(H,22,23). The largest absolute Gasteiger partial charge is 0.481 e. The lowest BCUT2D eigenvalue weighted by Crippen LogP contribution is -2.39. The van der Waals surface area contributed by atoms with Gasteiger partial charge in [0.25, 0.3) is 0 Å². The van der Waals surface area contributed by atoms with Gasteiger partial charge in [-0.25, -0.2) is 9.78 Å². The van der Waals surface area contributed by atoms with E-state index in [1.165, 1.54) is 13.3 Å². The van der Waals surface area contributed by atoms with Crippen LogP contribution in [0.2, 0.25) is 0 Å². The Morgan fingerprint density at radius 2 is 1.92 bits per heavy atom. The highest BCUT2D eigenvalue weighted by molar-refractivity contribution is 5.77. The molecule has 25 heavy (non-hydrogen) atoms. The predicted molar refractivity (Wildman–Crippen MR) is 90.0 cm³/mol. The van der Waals surface area contributed by atoms with Gasteiger partial charge < -0.3 is 20.1 Å². The van der Waals surface area contributed by atoms with Crippen molar-refractivity contribution < 1.29 is 19.4 Å². The number of rotatable bonds is 5. The molecule has 1 aromatic heterocycles. The molecular weight excluding hydrogens is 322 g/mol. The summed E-state index contributed by atoms with van der Waals surface area (Å²) in [4.78, 5) is 29.5. The van der Waals surface area contributed by atoms with E-state index < -0.39 is 12.0 Å². The normalized spacial score (nSPS) is 13.9. The van der Waals surface area contributed by atoms with Gasteiger partial charge in [0.2, 0.25) is 5.88 Å². The van der Waals surface area contributed by atoms with Crippen LogP contribution in [0.3, 0.4) is 0 Å². The van der Waals surface area contributed by atoms with Gasteiger partial charge in [-0.1, -0.05) is 30.3 Å². The lowest BCUT2D eigenvalue weighted by Gasteiger charge is -2.22. The SMILES string of the molecule is COc1ccc(C(CC(=O)O)NC(=O)N2Cc3ccccc3C2)cn1. The van der Waals surface area contributed by atoms with Gasteiger partial charge in [-0.2, -0.15) is 0 Å². The maximum absolute atomic E-state index is 12.6. The highest BCUT2D eigenvalue weighted by Crippen LogP contribution is 2.24. The number of methoxy groups -OCH3 is 1. The number of ether oxygens (including phenoxy) is 1. The number of carboxylic acids is 1. The molecule has 2 N–H and O–H groups in total. The van der Waals surface area contributed by atoms with Crippen molar-refractivity contribution >= 4 is 12.0 Å². The fraction of sp³-hybridized carbons (Fsp3) is 0.278. The third-order valence-electron chi connectivity index (χ3n) is 4.18. The summed E-state index contributed by atoms with van der Waals surface area (Å²) in [5, 5.41) is 12.0. The number of aliphatic carboxylic acids is 1. The number of aromatic nitrogens is 1. The summed E-state index contributed by atoms with van der Waals surface area (Å²) in [7, 11) is 1.50. The van der Waals surface area contributed by atoms with Crippen molar-refractivity contribution in [2.45, 2.75) is 25.6 Å². The third kappa shape index (κ3) is 3.88. The van der Waals surface area contributed by atoms with Crippen LogP contribution in [-0.4, -0.2) is 34.1 Å². The van der Waals surface area contributed by atoms with Gasteiger partial charge in [0.1, 0.15) is 0 Å². The Morgan fingerprint density at radius 1 is 1.24 bits per heavy atom. The minimum atomic E-state index is -0.995. The Labute approximate surface area is 145 Å². The number of nitrogens with zero attached hydrogens (tertiary/aromatic N) is 2. The zero-order valence-corrected chi connectivity index (χ0v) is 13.8. The molecule has 0 aliphatic carbocycles. The molecule has 7 heteroatoms. The number of hydrogen-bond donors (Lipinski definition) is 2. The van der Waals surface area contributed by atoms with Crippen molar-refractivity contribution in [3.63, 3.8) is 0 Å². The van der Waals surface area contributed by atoms with E-state index in [-0.39, 0.29) is 12.5 Å². The second-order valence-electron chi connectivity index (χ2n) is 5.86. The maximum atomic E-state index is 12.6. The van der Waals surface area contributed by atoms with Crippen LogP contribution < -0.4 is 10.1 Å². The van der Waals surface area contributed by atoms with E-state index in [2.05, 4.69) is 10.3 Å². The number of hydrogen-bond acceptors (Lipinski definition) is 4. The zero-order valence-electron chi connectivity index (χ0n) is 13.8. The van der Waals surface area contributed by atoms with Crippen molar-refractivity contribution in [1.82, 2.24) is 15.2 Å². The van der Waals surface area contributed by atoms with Crippen LogP contribution in [0.5, 0.6) is 5.88 Å². The van der Waals surface area contributed by atoms with Gasteiger partial charge >= 0.3 is 12.0 Å². The van der Waals surface area contributed by atoms with Crippen LogP contribution in [0, 0.1) is 0 Å². The first-order chi connectivity index (χ1) is 12.1. The minimum Gasteiger partial charge on any atom is -0.481 e. The van der Waals surface area contributed by atoms with Gasteiger partial charge in [0.15, 0.2) is 0 Å². The average molecular weight is 341 g/mol. The number of benzene rings is 1. The molecule has 0 saturated carbocycles. The van der Waals surface area contributed by atoms with Gasteiger partial charge in [-0.15, -0.1) is 0 Å². The average Bonchev–Trinajstić information content (AvgIpc) is 3.05. The van der Waals surface area contributed by atoms with E-state index in [0.29, 0.717) is 24.5 Å². The first kappa shape index (κ1) is 16.8. The Kier molecular flexibility index (Phi) is 4.83. The monoisotopic (exact) mass is 341 g/mol. The van der Waals surface area contributed by atoms with Gasteiger partial charge in [-0.05, 0) is 16.7 Å². The van der Waals surface area contributed by atoms with Gasteiger partial charge in [0, 0.05) is 25.4 Å². The van der Waals surface area contributed by atoms with E-state index in [1.807, 2.05) is 24.3 Å². The van der Waals surface area contributed by atoms with Crippen LogP contribution in [-0.2, 0) is 17.9 Å². The molecule has 0 fully saturated rings. The molecular formula is C18H19N3O4. The molecule has 1 unspecified atom stereocenters. The Hall–Kier alpha value is -3.09. The Balaban J connectivity index is 1.72. The summed E-state index contributed by atoms with van der Waals surface area (Å²) in [5.41, 5.74) is 2.84. The lowest BCUT2D eigenvalue weighted by atomic mass is 10.1. The number of urea groups is 1. The number of amides is 2. The summed E-state index contributed by atoms with van der Waals surface area (Å²) < 4.78 is 5.01. The van der Waals surface area contributed by atoms with Gasteiger partial charge in [0.05, 0.1) is 19.6 Å². The molecule has 2 heterocycles. The molecule has 1 aromatic carbocycles. The van der Waals surface area contributed by atoms with Crippen molar-refractivity contribution in [2.75, 3.05) is 7.11 Å². The van der Waals surface area contributed by atoms with Crippen LogP contribution in [0.25, 0.3) is 0 Å². The number of pyridine rings is 1. The van der Waals surface area contributed by atoms with E-state index >= 15 is 0 Å². The lowest BCUT2D eigenvalue weighted by molar-refractivity contribution is -0.137. The molecule has 0 bridgehead atoms. The smallest absolute Gasteiger partial charge is 0.318 e. The number of carboxylic acid groups (broad SMARTS) is 1. The molecule has 7 nitrogen and oxygen atoms in total. The first-order valence-corrected chi connectivity index (χ1v) is 7.91. The van der Waals surface area contributed by atoms with E-state index in [4.69, 9.17) is 9.84 Å². The van der Waals surface area contributed by atoms with Crippen LogP contribution in [0.4, 0.5) is 4.79 Å². The topological polar surface area (TPSA) is 91.8 Å². The minimum absolute atomic E-state index is 0.222. The molecule has 3 rings (SSSR count). The fourth-order valence-electron chi connectivity index (χ4n) is 2.86. The van der Waals surface area contributed by atoms with E-state index in [1.54, 1.807) is 17.0 Å². The highest BCUT2D eigenvalue weighted by atomic mass is 16.5. The molecule has 0 saturated heterocycles. The van der Waals surface area contributed by atoms with Gasteiger partial charge in [-0.3, -0.25) is 4.79 Å². The van der Waals surface area contributed by atoms with E-state index in [0.717, 1.165) is 11.1 Å². The summed E-state index contributed by atoms with van der Waals surface area (Å²) in [6.07, 6.45) is 1.30. The van der Waals surface area contributed by atoms with Crippen molar-refractivity contribution in [3.8, 4) is 5.88 Å². The quantitative estimate of drug-likeness (QED) is 0.871. The maximum Gasteiger partial charge on any atom is 0.318 e. The molecule has 1 aliphatic rings. The summed E-state index contributed by atoms with van der Waals surface area (Å²) in [6.45, 7) is 1.03. The summed E-state index contributed by atoms with van der Waals surface area (Å²) in [5.74, 6) is -0.565. The highest BCUT2D eigenvalue weighted by Gasteiger charge is 2.26. The molecule has 0 spiro atoms. The number of fused-ring (bicyclic) bond motifs is 1. The van der Waals surface area contributed by atoms with Crippen molar-refractivity contribution in [1.29, 1.82) is 0 Å². The molecule has 1 atom stereocenters. The van der Waals surface area contributed by atoms with E-state index in [9.17, 15) is 9.59 Å². The second kappa shape index (κ2) is 7.21. The molecule has 0 radical (unpaired) electrons. The molecule has 2 amide bonds. The Bertz CT molecular complexity index is 751. The first-order valence-electron chi connectivity index (χ1n) is 7.91. The summed E-state index contributed by atoms with van der Waals surface area (Å²) >= 11 is 0. The van der Waals surface area contributed by atoms with Crippen LogP contribution in [0.1, 0.15) is 29.2 Å². The predicted octanol–water partition coefficient (Wildman–Crippen LogP) is 2.33. The zero-order chi connectivity index (χ0) is 17.8. The van der Waals surface area contributed by atoms with Crippen molar-refractivity contribution in [3.05, 3.63) is 59.3 Å². The second-order valence-corrected chi connectivity index (χ2v) is 5.86. The Morgan fingerprint density at radius 3 is 2.44 bits per heavy atom. The van der Waals surface area contributed by atoms with Crippen LogP contribution in [0.15, 0.2) is 42.6 Å². The number of carbonyl (C=O) groups is 2. The molecule has 2 aromatic rings. The van der Waals surface area contributed by atoms with Crippen LogP contribution >= 0.6 is 0 Å². The summed E-state index contributed by atoms with van der Waals surface area (Å²) in [6, 6.07) is 10.3. The molecule has 130 valence electrons. The fourth-order valence-corrected chi connectivity index (χ4v) is 2.86. The number of nitrogens with one attached hydrogen (secondary N) is 1. The van der Waals surface area contributed by atoms with Crippen molar-refractivity contribution in [2.24, 2.45) is 0 Å². The molecule has 1 aliphatic heterocycles. The number of carbonyl (C=O) groups excluding carboxylic acids is 1.